The van der Waals surface area contributed by atoms with Crippen LogP contribution in [0, 0.1) is 6.92 Å². The van der Waals surface area contributed by atoms with Crippen LogP contribution < -0.4 is 15.4 Å². The number of methoxy groups -OCH3 is 1. The lowest BCUT2D eigenvalue weighted by Crippen LogP contribution is -2.42. The maximum atomic E-state index is 11.7. The largest absolute Gasteiger partial charge is 0.495 e. The Morgan fingerprint density at radius 1 is 1.37 bits per heavy atom. The highest BCUT2D eigenvalue weighted by atomic mass is 16.5. The second-order valence-corrected chi connectivity index (χ2v) is 4.21. The van der Waals surface area contributed by atoms with E-state index in [0.29, 0.717) is 11.4 Å². The normalized spacial score (nSPS) is 11.6. The molecule has 0 saturated heterocycles. The number of hydrogen-bond acceptors (Lipinski definition) is 4. The van der Waals surface area contributed by atoms with Crippen molar-refractivity contribution < 1.29 is 19.4 Å². The molecule has 104 valence electrons. The van der Waals surface area contributed by atoms with Crippen LogP contribution in [-0.2, 0) is 9.59 Å². The van der Waals surface area contributed by atoms with Gasteiger partial charge in [0.05, 0.1) is 19.4 Å². The number of nitrogens with one attached hydrogen (secondary N) is 2. The molecule has 6 nitrogen and oxygen atoms in total. The predicted octanol–water partition coefficient (Wildman–Crippen LogP) is 0.439. The van der Waals surface area contributed by atoms with Gasteiger partial charge in [0.1, 0.15) is 5.75 Å². The zero-order valence-electron chi connectivity index (χ0n) is 11.2. The molecule has 1 unspecified atom stereocenters. The van der Waals surface area contributed by atoms with E-state index in [9.17, 15) is 9.59 Å². The van der Waals surface area contributed by atoms with Crippen molar-refractivity contribution in [3.8, 4) is 5.75 Å². The van der Waals surface area contributed by atoms with E-state index in [-0.39, 0.29) is 6.61 Å². The molecule has 0 spiro atoms. The highest BCUT2D eigenvalue weighted by Gasteiger charge is 2.17. The number of carbonyl (C=O) groups excluding carboxylic acids is 2. The summed E-state index contributed by atoms with van der Waals surface area (Å²) in [5.74, 6) is -1.13. The lowest BCUT2D eigenvalue weighted by atomic mass is 10.2. The van der Waals surface area contributed by atoms with Crippen LogP contribution in [0.15, 0.2) is 18.2 Å². The van der Waals surface area contributed by atoms with Crippen LogP contribution in [0.5, 0.6) is 5.75 Å². The Labute approximate surface area is 111 Å². The summed E-state index contributed by atoms with van der Waals surface area (Å²) in [7, 11) is 1.48. The first-order chi connectivity index (χ1) is 8.97. The zero-order chi connectivity index (χ0) is 14.4. The molecule has 0 saturated carbocycles. The number of ether oxygens (including phenoxy) is 1. The number of benzene rings is 1. The third kappa shape index (κ3) is 4.26. The smallest absolute Gasteiger partial charge is 0.313 e. The zero-order valence-corrected chi connectivity index (χ0v) is 11.2. The maximum Gasteiger partial charge on any atom is 0.313 e. The molecule has 0 radical (unpaired) electrons. The number of hydrogen-bond donors (Lipinski definition) is 3. The second kappa shape index (κ2) is 6.75. The minimum Gasteiger partial charge on any atom is -0.495 e. The lowest BCUT2D eigenvalue weighted by Gasteiger charge is -2.13. The number of carbonyl (C=O) groups is 2. The average Bonchev–Trinajstić information content (AvgIpc) is 2.38. The van der Waals surface area contributed by atoms with Crippen LogP contribution in [0.3, 0.4) is 0 Å². The molecule has 1 aromatic rings. The Balaban J connectivity index is 2.76. The summed E-state index contributed by atoms with van der Waals surface area (Å²) in [5, 5.41) is 13.6. The molecule has 0 aliphatic rings. The molecule has 6 heteroatoms. The van der Waals surface area contributed by atoms with Crippen LogP contribution in [0.25, 0.3) is 0 Å². The van der Waals surface area contributed by atoms with Crippen LogP contribution >= 0.6 is 0 Å². The van der Waals surface area contributed by atoms with Crippen molar-refractivity contribution in [3.63, 3.8) is 0 Å². The van der Waals surface area contributed by atoms with Gasteiger partial charge in [-0.1, -0.05) is 6.07 Å². The number of aryl methyl sites for hydroxylation is 1. The van der Waals surface area contributed by atoms with Crippen molar-refractivity contribution in [2.45, 2.75) is 19.9 Å². The third-order valence-electron chi connectivity index (χ3n) is 2.46. The topological polar surface area (TPSA) is 87.7 Å². The molecular weight excluding hydrogens is 248 g/mol. The van der Waals surface area contributed by atoms with E-state index >= 15 is 0 Å². The summed E-state index contributed by atoms with van der Waals surface area (Å²) in [6, 6.07) is 4.78. The number of amides is 2. The predicted molar refractivity (Wildman–Crippen MR) is 71.1 cm³/mol. The SMILES string of the molecule is COc1ccc(C)cc1NC(=O)C(=O)NC(C)CO. The maximum absolute atomic E-state index is 11.7. The Bertz CT molecular complexity index is 474. The molecule has 3 N–H and O–H groups in total. The first-order valence-corrected chi connectivity index (χ1v) is 5.85. The summed E-state index contributed by atoms with van der Waals surface area (Å²) < 4.78 is 5.10. The van der Waals surface area contributed by atoms with Crippen LogP contribution in [-0.4, -0.2) is 36.7 Å². The van der Waals surface area contributed by atoms with Crippen molar-refractivity contribution in [1.29, 1.82) is 0 Å². The van der Waals surface area contributed by atoms with Gasteiger partial charge in [0.2, 0.25) is 0 Å². The molecular formula is C13H18N2O4. The Kier molecular flexibility index (Phi) is 5.32. The Morgan fingerprint density at radius 3 is 2.63 bits per heavy atom. The van der Waals surface area contributed by atoms with Crippen molar-refractivity contribution in [1.82, 2.24) is 5.32 Å². The van der Waals surface area contributed by atoms with Gasteiger partial charge in [-0.15, -0.1) is 0 Å². The summed E-state index contributed by atoms with van der Waals surface area (Å²) in [6.07, 6.45) is 0. The molecule has 0 aliphatic carbocycles. The summed E-state index contributed by atoms with van der Waals surface area (Å²) in [4.78, 5) is 23.2. The first kappa shape index (κ1) is 15.0. The number of aliphatic hydroxyl groups excluding tert-OH is 1. The first-order valence-electron chi connectivity index (χ1n) is 5.85. The summed E-state index contributed by atoms with van der Waals surface area (Å²) in [6.45, 7) is 3.23. The van der Waals surface area contributed by atoms with Crippen LogP contribution in [0.1, 0.15) is 12.5 Å². The van der Waals surface area contributed by atoms with E-state index in [1.54, 1.807) is 19.1 Å². The number of anilines is 1. The van der Waals surface area contributed by atoms with Gasteiger partial charge in [-0.2, -0.15) is 0 Å². The molecule has 19 heavy (non-hydrogen) atoms. The van der Waals surface area contributed by atoms with Crippen LogP contribution in [0.4, 0.5) is 5.69 Å². The average molecular weight is 266 g/mol. The standard InChI is InChI=1S/C13H18N2O4/c1-8-4-5-11(19-3)10(6-8)15-13(18)12(17)14-9(2)7-16/h4-6,9,16H,7H2,1-3H3,(H,14,17)(H,15,18). The van der Waals surface area contributed by atoms with Crippen LogP contribution in [0.2, 0.25) is 0 Å². The van der Waals surface area contributed by atoms with Gasteiger partial charge >= 0.3 is 11.8 Å². The van der Waals surface area contributed by atoms with E-state index in [4.69, 9.17) is 9.84 Å². The minimum atomic E-state index is -0.802. The van der Waals surface area contributed by atoms with Crippen molar-refractivity contribution >= 4 is 17.5 Å². The van der Waals surface area contributed by atoms with Gasteiger partial charge in [0.15, 0.2) is 0 Å². The van der Waals surface area contributed by atoms with E-state index < -0.39 is 17.9 Å². The molecule has 1 rings (SSSR count). The molecule has 2 amide bonds. The van der Waals surface area contributed by atoms with Gasteiger partial charge in [0.25, 0.3) is 0 Å². The van der Waals surface area contributed by atoms with Gasteiger partial charge in [0, 0.05) is 6.04 Å². The van der Waals surface area contributed by atoms with E-state index in [2.05, 4.69) is 10.6 Å². The van der Waals surface area contributed by atoms with E-state index in [1.807, 2.05) is 13.0 Å². The fourth-order valence-corrected chi connectivity index (χ4v) is 1.43. The molecule has 1 atom stereocenters. The third-order valence-corrected chi connectivity index (χ3v) is 2.46. The van der Waals surface area contributed by atoms with Gasteiger partial charge in [-0.3, -0.25) is 9.59 Å². The number of aliphatic hydroxyl groups is 1. The summed E-state index contributed by atoms with van der Waals surface area (Å²) in [5.41, 5.74) is 1.36. The molecule has 0 aliphatic heterocycles. The fourth-order valence-electron chi connectivity index (χ4n) is 1.43. The van der Waals surface area contributed by atoms with Crippen molar-refractivity contribution in [2.24, 2.45) is 0 Å². The van der Waals surface area contributed by atoms with Gasteiger partial charge < -0.3 is 20.5 Å². The van der Waals surface area contributed by atoms with Crippen molar-refractivity contribution in [3.05, 3.63) is 23.8 Å². The van der Waals surface area contributed by atoms with Crippen molar-refractivity contribution in [2.75, 3.05) is 19.0 Å². The Hall–Kier alpha value is -2.08. The number of rotatable bonds is 4. The molecule has 1 aromatic carbocycles. The quantitative estimate of drug-likeness (QED) is 0.690. The lowest BCUT2D eigenvalue weighted by molar-refractivity contribution is -0.136. The fraction of sp³-hybridized carbons (Fsp3) is 0.385. The summed E-state index contributed by atoms with van der Waals surface area (Å²) >= 11 is 0. The highest BCUT2D eigenvalue weighted by molar-refractivity contribution is 6.39. The Morgan fingerprint density at radius 2 is 2.05 bits per heavy atom. The van der Waals surface area contributed by atoms with Gasteiger partial charge in [-0.25, -0.2) is 0 Å². The second-order valence-electron chi connectivity index (χ2n) is 4.21. The highest BCUT2D eigenvalue weighted by Crippen LogP contribution is 2.24. The minimum absolute atomic E-state index is 0.229. The molecule has 0 bridgehead atoms. The van der Waals surface area contributed by atoms with E-state index in [0.717, 1.165) is 5.56 Å². The van der Waals surface area contributed by atoms with Gasteiger partial charge in [-0.05, 0) is 31.5 Å². The molecule has 0 fully saturated rings. The monoisotopic (exact) mass is 266 g/mol. The van der Waals surface area contributed by atoms with E-state index in [1.165, 1.54) is 7.11 Å². The molecule has 0 heterocycles. The molecule has 0 aromatic heterocycles.